The maximum Gasteiger partial charge on any atom is 0.154 e. The second-order valence-electron chi connectivity index (χ2n) is 12.8. The zero-order valence-electron chi connectivity index (χ0n) is 27.7. The van der Waals surface area contributed by atoms with Crippen molar-refractivity contribution in [3.63, 3.8) is 0 Å². The molecule has 5 heteroatoms. The average molecular weight is 692 g/mol. The summed E-state index contributed by atoms with van der Waals surface area (Å²) in [5, 5.41) is 7.64. The van der Waals surface area contributed by atoms with Crippen molar-refractivity contribution < 1.29 is 0 Å². The van der Waals surface area contributed by atoms with Crippen LogP contribution >= 0.6 is 21.4 Å². The largest absolute Gasteiger partial charge is 0.358 e. The van der Waals surface area contributed by atoms with E-state index < -0.39 is 10.0 Å². The molecule has 1 atom stereocenters. The molecule has 1 N–H and O–H groups in total. The van der Waals surface area contributed by atoms with Crippen molar-refractivity contribution in [2.75, 3.05) is 5.32 Å². The first kappa shape index (κ1) is 30.0. The van der Waals surface area contributed by atoms with Crippen molar-refractivity contribution in [1.29, 1.82) is 0 Å². The summed E-state index contributed by atoms with van der Waals surface area (Å²) in [7, 11) is -1.85. The number of hydrogen-bond acceptors (Lipinski definition) is 3. The van der Waals surface area contributed by atoms with Crippen molar-refractivity contribution in [3.05, 3.63) is 198 Å². The zero-order valence-corrected chi connectivity index (χ0v) is 29.3. The Bertz CT molecular complexity index is 2580. The fourth-order valence-electron chi connectivity index (χ4n) is 7.73. The molecule has 0 radical (unpaired) electrons. The van der Waals surface area contributed by atoms with Crippen molar-refractivity contribution in [1.82, 2.24) is 4.57 Å². The summed E-state index contributed by atoms with van der Waals surface area (Å²) in [6.45, 7) is 0. The highest BCUT2D eigenvalue weighted by molar-refractivity contribution is 8.34. The fraction of sp³-hybridized carbons (Fsp3) is 0.0217. The third-order valence-electron chi connectivity index (χ3n) is 9.94. The molecule has 0 spiro atoms. The van der Waals surface area contributed by atoms with E-state index in [-0.39, 0.29) is 6.17 Å². The smallest absolute Gasteiger partial charge is 0.154 e. The van der Waals surface area contributed by atoms with E-state index >= 15 is 0 Å². The minimum atomic E-state index is -1.85. The Labute approximate surface area is 302 Å². The van der Waals surface area contributed by atoms with E-state index in [1.54, 1.807) is 0 Å². The first-order valence-corrected chi connectivity index (χ1v) is 19.7. The summed E-state index contributed by atoms with van der Waals surface area (Å²) >= 11 is 1.81. The number of aromatic nitrogens is 1. The highest BCUT2D eigenvalue weighted by atomic mass is 32.3. The van der Waals surface area contributed by atoms with Crippen LogP contribution in [0, 0.1) is 0 Å². The van der Waals surface area contributed by atoms with Gasteiger partial charge in [0.15, 0.2) is 5.84 Å². The Balaban J connectivity index is 1.23. The lowest BCUT2D eigenvalue weighted by Gasteiger charge is -2.42. The van der Waals surface area contributed by atoms with Crippen molar-refractivity contribution in [2.45, 2.75) is 25.7 Å². The molecular weight excluding hydrogens is 659 g/mol. The molecule has 7 aromatic carbocycles. The van der Waals surface area contributed by atoms with Crippen molar-refractivity contribution >= 4 is 64.8 Å². The molecule has 51 heavy (non-hydrogen) atoms. The summed E-state index contributed by atoms with van der Waals surface area (Å²) in [5.74, 6) is 0.977. The highest BCUT2D eigenvalue weighted by Gasteiger charge is 2.35. The summed E-state index contributed by atoms with van der Waals surface area (Å²) in [5.41, 5.74) is 4.60. The van der Waals surface area contributed by atoms with Gasteiger partial charge in [0.2, 0.25) is 0 Å². The zero-order chi connectivity index (χ0) is 33.8. The van der Waals surface area contributed by atoms with Gasteiger partial charge < -0.3 is 5.32 Å². The van der Waals surface area contributed by atoms with E-state index in [0.717, 1.165) is 33.0 Å². The lowest BCUT2D eigenvalue weighted by Crippen LogP contribution is -2.23. The van der Waals surface area contributed by atoms with Crippen LogP contribution in [-0.2, 0) is 0 Å². The van der Waals surface area contributed by atoms with E-state index in [4.69, 9.17) is 4.99 Å². The molecule has 0 amide bonds. The molecule has 244 valence electrons. The Morgan fingerprint density at radius 3 is 1.57 bits per heavy atom. The number of nitrogens with zero attached hydrogens (tertiary/aromatic N) is 2. The Morgan fingerprint density at radius 1 is 0.490 bits per heavy atom. The van der Waals surface area contributed by atoms with Crippen LogP contribution in [0.1, 0.15) is 16.6 Å². The van der Waals surface area contributed by atoms with Gasteiger partial charge in [-0.1, -0.05) is 121 Å². The van der Waals surface area contributed by atoms with Gasteiger partial charge in [-0.3, -0.25) is 4.57 Å². The number of thiophene rings is 1. The maximum absolute atomic E-state index is 5.66. The Morgan fingerprint density at radius 2 is 0.980 bits per heavy atom. The monoisotopic (exact) mass is 691 g/mol. The number of aliphatic imine (C=N–C) groups is 1. The molecule has 3 nitrogen and oxygen atoms in total. The minimum Gasteiger partial charge on any atom is -0.358 e. The standard InChI is InChI=1S/C46H33N3S2/c1-4-18-33(19-5-1)51(34-20-6-2-7-21-34,35-22-8-3-9-23-35)36-24-16-17-32(31-36)45-47-43-39-27-12-15-30-42(39)50-44(43)46(48-45)49-40-28-13-10-25-37(40)38-26-11-14-29-41(38)49/h1-31,45,47H. The summed E-state index contributed by atoms with van der Waals surface area (Å²) in [6.07, 6.45) is -0.301. The van der Waals surface area contributed by atoms with Crippen LogP contribution in [0.2, 0.25) is 0 Å². The number of para-hydroxylation sites is 2. The molecule has 1 aliphatic rings. The SMILES string of the molecule is c1ccc(S(c2ccccc2)(c2ccccc2)c2cccc(C3N=C(n4c5ccccc5c5ccccc54)c4sc5ccccc5c4N3)c2)cc1. The molecule has 2 aromatic heterocycles. The van der Waals surface area contributed by atoms with Gasteiger partial charge in [-0.2, -0.15) is 0 Å². The van der Waals surface area contributed by atoms with Gasteiger partial charge in [0, 0.05) is 40.4 Å². The molecule has 0 aliphatic carbocycles. The molecule has 9 aromatic rings. The quantitative estimate of drug-likeness (QED) is 0.191. The third-order valence-corrected chi connectivity index (χ3v) is 15.0. The van der Waals surface area contributed by atoms with Gasteiger partial charge in [-0.05, 0) is 72.3 Å². The van der Waals surface area contributed by atoms with Crippen molar-refractivity contribution in [2.24, 2.45) is 4.99 Å². The van der Waals surface area contributed by atoms with Crippen LogP contribution in [0.5, 0.6) is 0 Å². The summed E-state index contributed by atoms with van der Waals surface area (Å²) in [6, 6.07) is 68.4. The Hall–Kier alpha value is -5.88. The number of anilines is 1. The second-order valence-corrected chi connectivity index (χ2v) is 17.0. The van der Waals surface area contributed by atoms with Crippen LogP contribution in [0.15, 0.2) is 213 Å². The molecular formula is C46H33N3S2. The second kappa shape index (κ2) is 12.2. The molecule has 3 heterocycles. The van der Waals surface area contributed by atoms with Gasteiger partial charge in [-0.25, -0.2) is 4.99 Å². The molecule has 10 rings (SSSR count). The van der Waals surface area contributed by atoms with Crippen LogP contribution in [0.3, 0.4) is 0 Å². The van der Waals surface area contributed by atoms with E-state index in [1.165, 1.54) is 40.4 Å². The number of nitrogens with one attached hydrogen (secondary N) is 1. The van der Waals surface area contributed by atoms with Gasteiger partial charge in [-0.15, -0.1) is 21.4 Å². The number of rotatable bonds is 5. The molecule has 0 bridgehead atoms. The first-order chi connectivity index (χ1) is 25.3. The predicted molar refractivity (Wildman–Crippen MR) is 216 cm³/mol. The molecule has 0 saturated carbocycles. The lowest BCUT2D eigenvalue weighted by molar-refractivity contribution is 0.819. The van der Waals surface area contributed by atoms with Gasteiger partial charge in [0.25, 0.3) is 0 Å². The maximum atomic E-state index is 5.66. The average Bonchev–Trinajstić information content (AvgIpc) is 3.75. The number of fused-ring (bicyclic) bond motifs is 6. The minimum absolute atomic E-state index is 0.301. The van der Waals surface area contributed by atoms with Gasteiger partial charge in [0.1, 0.15) is 6.17 Å². The predicted octanol–water partition coefficient (Wildman–Crippen LogP) is 12.8. The van der Waals surface area contributed by atoms with Gasteiger partial charge >= 0.3 is 0 Å². The van der Waals surface area contributed by atoms with Crippen LogP contribution in [0.25, 0.3) is 31.9 Å². The highest BCUT2D eigenvalue weighted by Crippen LogP contribution is 2.73. The topological polar surface area (TPSA) is 29.3 Å². The summed E-state index contributed by atoms with van der Waals surface area (Å²) < 4.78 is 3.63. The van der Waals surface area contributed by atoms with Crippen LogP contribution in [0.4, 0.5) is 5.69 Å². The van der Waals surface area contributed by atoms with E-state index in [1.807, 2.05) is 11.3 Å². The van der Waals surface area contributed by atoms with Crippen molar-refractivity contribution in [3.8, 4) is 0 Å². The van der Waals surface area contributed by atoms with Gasteiger partial charge in [0.05, 0.1) is 21.6 Å². The van der Waals surface area contributed by atoms with E-state index in [0.29, 0.717) is 0 Å². The lowest BCUT2D eigenvalue weighted by atomic mass is 10.1. The van der Waals surface area contributed by atoms with Crippen LogP contribution in [-0.4, -0.2) is 10.4 Å². The van der Waals surface area contributed by atoms with Crippen LogP contribution < -0.4 is 5.32 Å². The Kier molecular flexibility index (Phi) is 7.15. The molecule has 1 unspecified atom stereocenters. The molecule has 1 aliphatic heterocycles. The van der Waals surface area contributed by atoms with E-state index in [9.17, 15) is 0 Å². The number of benzene rings is 7. The molecule has 0 saturated heterocycles. The third kappa shape index (κ3) is 4.69. The number of hydrogen-bond donors (Lipinski definition) is 1. The normalized spacial score (nSPS) is 14.7. The fourth-order valence-corrected chi connectivity index (χ4v) is 12.8. The summed E-state index contributed by atoms with van der Waals surface area (Å²) in [4.78, 5) is 12.0. The molecule has 0 fully saturated rings. The van der Waals surface area contributed by atoms with E-state index in [2.05, 4.69) is 198 Å². The first-order valence-electron chi connectivity index (χ1n) is 17.2.